The van der Waals surface area contributed by atoms with Crippen molar-refractivity contribution in [2.24, 2.45) is 5.10 Å². The summed E-state index contributed by atoms with van der Waals surface area (Å²) in [4.78, 5) is 12.2. The van der Waals surface area contributed by atoms with Gasteiger partial charge in [-0.3, -0.25) is 4.79 Å². The van der Waals surface area contributed by atoms with Crippen LogP contribution in [0.25, 0.3) is 0 Å². The predicted octanol–water partition coefficient (Wildman–Crippen LogP) is 5.97. The molecule has 0 unspecified atom stereocenters. The molecule has 1 amide bonds. The van der Waals surface area contributed by atoms with Gasteiger partial charge >= 0.3 is 6.18 Å². The van der Waals surface area contributed by atoms with Crippen LogP contribution < -0.4 is 14.9 Å². The van der Waals surface area contributed by atoms with Crippen LogP contribution in [0.4, 0.5) is 13.2 Å². The highest BCUT2D eigenvalue weighted by Crippen LogP contribution is 2.34. The molecule has 0 fully saturated rings. The summed E-state index contributed by atoms with van der Waals surface area (Å²) in [6.07, 6.45) is -3.16. The van der Waals surface area contributed by atoms with Crippen molar-refractivity contribution in [2.75, 3.05) is 7.11 Å². The van der Waals surface area contributed by atoms with Gasteiger partial charge in [0.15, 0.2) is 11.5 Å². The maximum atomic E-state index is 12.8. The summed E-state index contributed by atoms with van der Waals surface area (Å²) < 4.78 is 50.6. The van der Waals surface area contributed by atoms with Crippen molar-refractivity contribution in [2.45, 2.75) is 19.7 Å². The minimum Gasteiger partial charge on any atom is -0.493 e. The molecule has 1 N–H and O–H groups in total. The molecule has 0 atom stereocenters. The van der Waals surface area contributed by atoms with Crippen LogP contribution in [-0.4, -0.2) is 19.2 Å². The van der Waals surface area contributed by atoms with Crippen molar-refractivity contribution >= 4 is 34.7 Å². The van der Waals surface area contributed by atoms with Crippen molar-refractivity contribution in [1.82, 2.24) is 5.43 Å². The second kappa shape index (κ2) is 10.7. The maximum absolute atomic E-state index is 12.8. The van der Waals surface area contributed by atoms with Crippen LogP contribution >= 0.6 is 22.6 Å². The third-order valence-corrected chi connectivity index (χ3v) is 5.39. The first kappa shape index (κ1) is 24.6. The summed E-state index contributed by atoms with van der Waals surface area (Å²) in [5, 5.41) is 3.85. The van der Waals surface area contributed by atoms with Crippen LogP contribution in [0.3, 0.4) is 0 Å². The fourth-order valence-corrected chi connectivity index (χ4v) is 3.64. The Morgan fingerprint density at radius 2 is 1.85 bits per heavy atom. The molecule has 5 nitrogen and oxygen atoms in total. The molecule has 0 bridgehead atoms. The Balaban J connectivity index is 1.69. The number of aryl methyl sites for hydroxylation is 1. The first-order valence-corrected chi connectivity index (χ1v) is 10.8. The molecular weight excluding hydrogens is 548 g/mol. The SMILES string of the molecule is COc1cc(/C=N\NC(=O)c2cccc(C(F)(F)F)c2)cc(I)c1OCc1ccc(C)cc1. The number of hydrazone groups is 1. The Labute approximate surface area is 202 Å². The molecule has 0 heterocycles. The number of hydrogen-bond acceptors (Lipinski definition) is 4. The Bertz CT molecular complexity index is 1160. The van der Waals surface area contributed by atoms with Gasteiger partial charge in [-0.25, -0.2) is 5.43 Å². The highest BCUT2D eigenvalue weighted by atomic mass is 127. The number of nitrogens with one attached hydrogen (secondary N) is 1. The average molecular weight is 568 g/mol. The monoisotopic (exact) mass is 568 g/mol. The molecule has 0 aromatic heterocycles. The number of amides is 1. The summed E-state index contributed by atoms with van der Waals surface area (Å²) in [7, 11) is 1.51. The summed E-state index contributed by atoms with van der Waals surface area (Å²) in [6, 6.07) is 15.6. The number of ether oxygens (including phenoxy) is 2. The fraction of sp³-hybridized carbons (Fsp3) is 0.167. The number of carbonyl (C=O) groups excluding carboxylic acids is 1. The van der Waals surface area contributed by atoms with E-state index in [9.17, 15) is 18.0 Å². The van der Waals surface area contributed by atoms with Crippen LogP contribution in [0, 0.1) is 10.5 Å². The minimum atomic E-state index is -4.53. The predicted molar refractivity (Wildman–Crippen MR) is 128 cm³/mol. The normalized spacial score (nSPS) is 11.5. The van der Waals surface area contributed by atoms with Crippen molar-refractivity contribution in [3.05, 3.63) is 92.1 Å². The molecule has 0 spiro atoms. The molecule has 0 radical (unpaired) electrons. The van der Waals surface area contributed by atoms with Gasteiger partial charge in [0, 0.05) is 5.56 Å². The average Bonchev–Trinajstić information content (AvgIpc) is 2.78. The highest BCUT2D eigenvalue weighted by Gasteiger charge is 2.30. The molecule has 0 aliphatic heterocycles. The van der Waals surface area contributed by atoms with Gasteiger partial charge in [0.05, 0.1) is 22.5 Å². The van der Waals surface area contributed by atoms with Gasteiger partial charge in [-0.1, -0.05) is 35.9 Å². The number of benzene rings is 3. The highest BCUT2D eigenvalue weighted by molar-refractivity contribution is 14.1. The third kappa shape index (κ3) is 6.70. The maximum Gasteiger partial charge on any atom is 0.416 e. The summed E-state index contributed by atoms with van der Waals surface area (Å²) in [5.41, 5.74) is 3.98. The van der Waals surface area contributed by atoms with Crippen LogP contribution in [0.5, 0.6) is 11.5 Å². The molecule has 0 saturated heterocycles. The van der Waals surface area contributed by atoms with Crippen LogP contribution in [0.15, 0.2) is 65.8 Å². The van der Waals surface area contributed by atoms with Gasteiger partial charge in [0.2, 0.25) is 0 Å². The van der Waals surface area contributed by atoms with Gasteiger partial charge in [-0.2, -0.15) is 18.3 Å². The van der Waals surface area contributed by atoms with E-state index in [-0.39, 0.29) is 5.56 Å². The number of hydrogen-bond donors (Lipinski definition) is 1. The third-order valence-electron chi connectivity index (χ3n) is 4.59. The number of nitrogens with zero attached hydrogens (tertiary/aromatic N) is 1. The van der Waals surface area contributed by atoms with Crippen LogP contribution in [0.2, 0.25) is 0 Å². The minimum absolute atomic E-state index is 0.144. The van der Waals surface area contributed by atoms with Gasteiger partial charge in [-0.05, 0) is 71.0 Å². The first-order chi connectivity index (χ1) is 15.7. The van der Waals surface area contributed by atoms with Crippen LogP contribution in [0.1, 0.15) is 32.6 Å². The zero-order chi connectivity index (χ0) is 24.0. The van der Waals surface area contributed by atoms with E-state index in [1.807, 2.05) is 31.2 Å². The molecule has 3 aromatic carbocycles. The van der Waals surface area contributed by atoms with E-state index >= 15 is 0 Å². The zero-order valence-electron chi connectivity index (χ0n) is 17.7. The Morgan fingerprint density at radius 1 is 1.12 bits per heavy atom. The van der Waals surface area contributed by atoms with Crippen LogP contribution in [-0.2, 0) is 12.8 Å². The Morgan fingerprint density at radius 3 is 2.52 bits per heavy atom. The van der Waals surface area contributed by atoms with Gasteiger partial charge < -0.3 is 9.47 Å². The lowest BCUT2D eigenvalue weighted by molar-refractivity contribution is -0.137. The lowest BCUT2D eigenvalue weighted by atomic mass is 10.1. The topological polar surface area (TPSA) is 59.9 Å². The standard InChI is InChI=1S/C24H20F3IN2O3/c1-15-6-8-16(9-7-15)14-33-22-20(28)10-17(11-21(22)32-2)13-29-30-23(31)18-4-3-5-19(12-18)24(25,26)27/h3-13H,14H2,1-2H3,(H,30,31)/b29-13-. The first-order valence-electron chi connectivity index (χ1n) is 9.74. The number of methoxy groups -OCH3 is 1. The second-order valence-corrected chi connectivity index (χ2v) is 8.25. The van der Waals surface area contributed by atoms with Gasteiger partial charge in [0.25, 0.3) is 5.91 Å². The molecule has 0 aliphatic rings. The molecule has 0 saturated carbocycles. The van der Waals surface area contributed by atoms with E-state index in [2.05, 4.69) is 33.1 Å². The van der Waals surface area contributed by atoms with E-state index in [1.54, 1.807) is 12.1 Å². The molecule has 172 valence electrons. The lowest BCUT2D eigenvalue weighted by Gasteiger charge is -2.13. The molecule has 3 aromatic rings. The molecule has 33 heavy (non-hydrogen) atoms. The molecule has 3 rings (SSSR count). The summed E-state index contributed by atoms with van der Waals surface area (Å²) in [6.45, 7) is 2.38. The van der Waals surface area contributed by atoms with Crippen molar-refractivity contribution in [1.29, 1.82) is 0 Å². The van der Waals surface area contributed by atoms with Crippen molar-refractivity contribution < 1.29 is 27.4 Å². The number of halogens is 4. The Hall–Kier alpha value is -3.08. The van der Waals surface area contributed by atoms with E-state index in [0.29, 0.717) is 23.7 Å². The van der Waals surface area contributed by atoms with E-state index in [0.717, 1.165) is 26.8 Å². The van der Waals surface area contributed by atoms with E-state index < -0.39 is 17.6 Å². The summed E-state index contributed by atoms with van der Waals surface area (Å²) >= 11 is 2.11. The van der Waals surface area contributed by atoms with E-state index in [4.69, 9.17) is 9.47 Å². The lowest BCUT2D eigenvalue weighted by Crippen LogP contribution is -2.18. The summed E-state index contributed by atoms with van der Waals surface area (Å²) in [5.74, 6) is 0.306. The second-order valence-electron chi connectivity index (χ2n) is 7.09. The fourth-order valence-electron chi connectivity index (χ4n) is 2.86. The Kier molecular flexibility index (Phi) is 7.96. The largest absolute Gasteiger partial charge is 0.493 e. The van der Waals surface area contributed by atoms with Crippen molar-refractivity contribution in [3.8, 4) is 11.5 Å². The molecule has 0 aliphatic carbocycles. The van der Waals surface area contributed by atoms with Crippen molar-refractivity contribution in [3.63, 3.8) is 0 Å². The molecular formula is C24H20F3IN2O3. The van der Waals surface area contributed by atoms with Gasteiger partial charge in [-0.15, -0.1) is 0 Å². The smallest absolute Gasteiger partial charge is 0.416 e. The number of carbonyl (C=O) groups is 1. The zero-order valence-corrected chi connectivity index (χ0v) is 19.9. The number of rotatable bonds is 7. The number of alkyl halides is 3. The quantitative estimate of drug-likeness (QED) is 0.217. The van der Waals surface area contributed by atoms with Gasteiger partial charge in [0.1, 0.15) is 6.61 Å². The van der Waals surface area contributed by atoms with E-state index in [1.165, 1.54) is 25.5 Å². The molecule has 9 heteroatoms.